The molecule has 0 bridgehead atoms. The van der Waals surface area contributed by atoms with Crippen molar-refractivity contribution in [3.63, 3.8) is 0 Å². The molecule has 0 saturated heterocycles. The summed E-state index contributed by atoms with van der Waals surface area (Å²) < 4.78 is 0. The minimum absolute atomic E-state index is 0.497. The van der Waals surface area contributed by atoms with Gasteiger partial charge in [-0.15, -0.1) is 11.8 Å². The van der Waals surface area contributed by atoms with Crippen LogP contribution in [0.1, 0.15) is 20.3 Å². The first-order valence-electron chi connectivity index (χ1n) is 5.85. The molecular weight excluding hydrogens is 246 g/mol. The van der Waals surface area contributed by atoms with Gasteiger partial charge in [0.2, 0.25) is 0 Å². The summed E-state index contributed by atoms with van der Waals surface area (Å²) in [5.74, 6) is 1.54. The number of oxime groups is 1. The topological polar surface area (TPSA) is 47.4 Å². The molecule has 4 nitrogen and oxygen atoms in total. The van der Waals surface area contributed by atoms with Crippen molar-refractivity contribution < 1.29 is 4.84 Å². The van der Waals surface area contributed by atoms with Crippen molar-refractivity contribution in [1.29, 1.82) is 0 Å². The van der Waals surface area contributed by atoms with E-state index in [1.165, 1.54) is 6.33 Å². The van der Waals surface area contributed by atoms with Crippen molar-refractivity contribution >= 4 is 27.7 Å². The van der Waals surface area contributed by atoms with Gasteiger partial charge in [-0.2, -0.15) is 4.98 Å². The number of thioether (sulfide) groups is 1. The molecule has 0 radical (unpaired) electrons. The second-order valence-corrected chi connectivity index (χ2v) is 5.03. The molecule has 0 aliphatic carbocycles. The molecule has 1 aromatic carbocycles. The summed E-state index contributed by atoms with van der Waals surface area (Å²) in [5, 5.41) is 5.85. The van der Waals surface area contributed by atoms with Crippen molar-refractivity contribution in [2.24, 2.45) is 5.16 Å². The van der Waals surface area contributed by atoms with E-state index in [4.69, 9.17) is 4.84 Å². The van der Waals surface area contributed by atoms with Crippen LogP contribution in [-0.4, -0.2) is 20.8 Å². The fourth-order valence-corrected chi connectivity index (χ4v) is 2.03. The normalized spacial score (nSPS) is 11.8. The fraction of sp³-hybridized carbons (Fsp3) is 0.308. The van der Waals surface area contributed by atoms with Crippen LogP contribution in [0.5, 0.6) is 5.88 Å². The van der Waals surface area contributed by atoms with Gasteiger partial charge in [-0.05, 0) is 31.2 Å². The summed E-state index contributed by atoms with van der Waals surface area (Å²) >= 11 is 1.68. The number of hydrogen-bond donors (Lipinski definition) is 0. The van der Waals surface area contributed by atoms with Gasteiger partial charge < -0.3 is 4.84 Å². The molecule has 0 amide bonds. The van der Waals surface area contributed by atoms with Crippen LogP contribution in [0, 0.1) is 0 Å². The monoisotopic (exact) mass is 261 g/mol. The summed E-state index contributed by atoms with van der Waals surface area (Å²) in [5.41, 5.74) is 0.858. The van der Waals surface area contributed by atoms with Gasteiger partial charge in [-0.1, -0.05) is 24.2 Å². The highest BCUT2D eigenvalue weighted by Gasteiger charge is 2.04. The Bertz CT molecular complexity index is 551. The highest BCUT2D eigenvalue weighted by Crippen LogP contribution is 2.21. The predicted octanol–water partition coefficient (Wildman–Crippen LogP) is 3.49. The van der Waals surface area contributed by atoms with Crippen LogP contribution in [0.25, 0.3) is 10.9 Å². The molecule has 0 aliphatic heterocycles. The molecule has 2 rings (SSSR count). The maximum absolute atomic E-state index is 5.39. The molecule has 0 atom stereocenters. The van der Waals surface area contributed by atoms with Crippen LogP contribution in [-0.2, 0) is 0 Å². The lowest BCUT2D eigenvalue weighted by Crippen LogP contribution is -1.95. The highest BCUT2D eigenvalue weighted by molar-refractivity contribution is 8.13. The van der Waals surface area contributed by atoms with Crippen LogP contribution in [0.3, 0.4) is 0 Å². The lowest BCUT2D eigenvalue weighted by molar-refractivity contribution is 0.333. The lowest BCUT2D eigenvalue weighted by Gasteiger charge is -2.03. The quantitative estimate of drug-likeness (QED) is 0.480. The van der Waals surface area contributed by atoms with Gasteiger partial charge in [-0.3, -0.25) is 0 Å². The molecular formula is C13H15N3OS. The number of rotatable bonds is 4. The van der Waals surface area contributed by atoms with Gasteiger partial charge in [0, 0.05) is 0 Å². The van der Waals surface area contributed by atoms with E-state index in [0.717, 1.165) is 28.1 Å². The molecule has 5 heteroatoms. The summed E-state index contributed by atoms with van der Waals surface area (Å²) in [7, 11) is 0. The van der Waals surface area contributed by atoms with Crippen LogP contribution in [0.2, 0.25) is 0 Å². The average molecular weight is 261 g/mol. The maximum atomic E-state index is 5.39. The van der Waals surface area contributed by atoms with Crippen LogP contribution in [0.4, 0.5) is 0 Å². The molecule has 0 fully saturated rings. The Labute approximate surface area is 110 Å². The van der Waals surface area contributed by atoms with E-state index >= 15 is 0 Å². The molecule has 0 N–H and O–H groups in total. The molecule has 94 valence electrons. The van der Waals surface area contributed by atoms with Gasteiger partial charge >= 0.3 is 0 Å². The third-order valence-corrected chi connectivity index (χ3v) is 3.39. The van der Waals surface area contributed by atoms with Crippen LogP contribution < -0.4 is 4.84 Å². The van der Waals surface area contributed by atoms with E-state index in [9.17, 15) is 0 Å². The first kappa shape index (κ1) is 12.8. The molecule has 1 heterocycles. The largest absolute Gasteiger partial charge is 0.335 e. The van der Waals surface area contributed by atoms with Crippen molar-refractivity contribution in [2.45, 2.75) is 20.3 Å². The van der Waals surface area contributed by atoms with Crippen LogP contribution in [0.15, 0.2) is 35.7 Å². The molecule has 1 aromatic heterocycles. The molecule has 2 aromatic rings. The Morgan fingerprint density at radius 1 is 1.33 bits per heavy atom. The van der Waals surface area contributed by atoms with Crippen molar-refractivity contribution in [2.75, 3.05) is 5.75 Å². The predicted molar refractivity (Wildman–Crippen MR) is 76.0 cm³/mol. The van der Waals surface area contributed by atoms with Gasteiger partial charge in [0.05, 0.1) is 10.9 Å². The van der Waals surface area contributed by atoms with E-state index in [1.807, 2.05) is 31.2 Å². The second-order valence-electron chi connectivity index (χ2n) is 3.75. The van der Waals surface area contributed by atoms with Gasteiger partial charge in [0.15, 0.2) is 0 Å². The molecule has 18 heavy (non-hydrogen) atoms. The first-order chi connectivity index (χ1) is 8.81. The third-order valence-electron chi connectivity index (χ3n) is 2.28. The van der Waals surface area contributed by atoms with E-state index < -0.39 is 0 Å². The SMILES string of the molecule is CCCS/C(C)=N\Oc1ncnc2ccccc12. The lowest BCUT2D eigenvalue weighted by atomic mass is 10.2. The summed E-state index contributed by atoms with van der Waals surface area (Å²) in [6.45, 7) is 4.07. The third kappa shape index (κ3) is 3.20. The minimum Gasteiger partial charge on any atom is -0.335 e. The van der Waals surface area contributed by atoms with E-state index in [0.29, 0.717) is 5.88 Å². The Kier molecular flexibility index (Phi) is 4.52. The fourth-order valence-electron chi connectivity index (χ4n) is 1.44. The molecule has 0 aliphatic rings. The Balaban J connectivity index is 2.17. The van der Waals surface area contributed by atoms with E-state index in [2.05, 4.69) is 22.0 Å². The smallest absolute Gasteiger partial charge is 0.259 e. The van der Waals surface area contributed by atoms with Gasteiger partial charge in [-0.25, -0.2) is 4.98 Å². The Hall–Kier alpha value is -1.62. The van der Waals surface area contributed by atoms with Crippen LogP contribution >= 0.6 is 11.8 Å². The highest BCUT2D eigenvalue weighted by atomic mass is 32.2. The summed E-state index contributed by atoms with van der Waals surface area (Å²) in [4.78, 5) is 13.7. The number of nitrogens with zero attached hydrogens (tertiary/aromatic N) is 3. The molecule has 0 unspecified atom stereocenters. The van der Waals surface area contributed by atoms with E-state index in [1.54, 1.807) is 11.8 Å². The average Bonchev–Trinajstić information content (AvgIpc) is 2.42. The second kappa shape index (κ2) is 6.35. The Morgan fingerprint density at radius 2 is 2.17 bits per heavy atom. The molecule has 0 saturated carbocycles. The first-order valence-corrected chi connectivity index (χ1v) is 6.84. The number of fused-ring (bicyclic) bond motifs is 1. The number of hydrogen-bond acceptors (Lipinski definition) is 5. The maximum Gasteiger partial charge on any atom is 0.259 e. The summed E-state index contributed by atoms with van der Waals surface area (Å²) in [6, 6.07) is 7.71. The van der Waals surface area contributed by atoms with Gasteiger partial charge in [0.1, 0.15) is 11.4 Å². The van der Waals surface area contributed by atoms with Crippen molar-refractivity contribution in [3.8, 4) is 5.88 Å². The van der Waals surface area contributed by atoms with Crippen molar-refractivity contribution in [3.05, 3.63) is 30.6 Å². The minimum atomic E-state index is 0.497. The zero-order valence-electron chi connectivity index (χ0n) is 10.5. The zero-order valence-corrected chi connectivity index (χ0v) is 11.3. The number of aromatic nitrogens is 2. The standard InChI is InChI=1S/C13H15N3OS/c1-3-8-18-10(2)16-17-13-11-6-4-5-7-12(11)14-9-15-13/h4-7,9H,3,8H2,1-2H3/b16-10-. The summed E-state index contributed by atoms with van der Waals surface area (Å²) in [6.07, 6.45) is 2.61. The molecule has 0 spiro atoms. The van der Waals surface area contributed by atoms with E-state index in [-0.39, 0.29) is 0 Å². The number of benzene rings is 1. The number of para-hydroxylation sites is 1. The van der Waals surface area contributed by atoms with Crippen molar-refractivity contribution in [1.82, 2.24) is 9.97 Å². The Morgan fingerprint density at radius 3 is 3.00 bits per heavy atom. The zero-order chi connectivity index (χ0) is 12.8. The van der Waals surface area contributed by atoms with Gasteiger partial charge in [0.25, 0.3) is 5.88 Å².